The Hall–Kier alpha value is -1.10. The van der Waals surface area contributed by atoms with Crippen LogP contribution in [0.4, 0.5) is 0 Å². The molecule has 4 aliphatic rings. The fourth-order valence-corrected chi connectivity index (χ4v) is 9.66. The van der Waals surface area contributed by atoms with Crippen molar-refractivity contribution in [3.63, 3.8) is 0 Å². The number of amides is 1. The molecule has 0 aromatic rings. The molecular weight excluding hydrogens is 484 g/mol. The monoisotopic (exact) mass is 528 g/mol. The molecule has 0 radical (unpaired) electrons. The molecule has 9 nitrogen and oxygen atoms in total. The first-order chi connectivity index (χ1) is 16.8. The zero-order chi connectivity index (χ0) is 26.5. The van der Waals surface area contributed by atoms with E-state index in [1.54, 1.807) is 0 Å². The Labute approximate surface area is 215 Å². The van der Waals surface area contributed by atoms with Crippen LogP contribution in [0, 0.1) is 51.2 Å². The maximum Gasteiger partial charge on any atom is 0.266 e. The van der Waals surface area contributed by atoms with Gasteiger partial charge in [-0.1, -0.05) is 20.8 Å². The first-order valence-electron chi connectivity index (χ1n) is 13.8. The summed E-state index contributed by atoms with van der Waals surface area (Å²) < 4.78 is 30.8. The van der Waals surface area contributed by atoms with Crippen molar-refractivity contribution in [3.8, 4) is 0 Å². The van der Waals surface area contributed by atoms with Crippen LogP contribution in [0.1, 0.15) is 85.0 Å². The largest absolute Gasteiger partial charge is 0.393 e. The van der Waals surface area contributed by atoms with E-state index >= 15 is 0 Å². The molecule has 10 heteroatoms. The summed E-state index contributed by atoms with van der Waals surface area (Å²) in [6, 6.07) is 0. The second-order valence-electron chi connectivity index (χ2n) is 12.8. The van der Waals surface area contributed by atoms with Gasteiger partial charge in [0.1, 0.15) is 0 Å². The Kier molecular flexibility index (Phi) is 7.93. The van der Waals surface area contributed by atoms with Crippen LogP contribution >= 0.6 is 0 Å². The Bertz CT molecular complexity index is 945. The van der Waals surface area contributed by atoms with E-state index in [1.165, 1.54) is 0 Å². The molecule has 0 spiro atoms. The van der Waals surface area contributed by atoms with Crippen LogP contribution in [0.3, 0.4) is 0 Å². The smallest absolute Gasteiger partial charge is 0.266 e. The number of hydrogen-bond donors (Lipinski definition) is 3. The highest BCUT2D eigenvalue weighted by Gasteiger charge is 2.63. The van der Waals surface area contributed by atoms with Crippen molar-refractivity contribution in [1.82, 2.24) is 5.01 Å². The van der Waals surface area contributed by atoms with Gasteiger partial charge >= 0.3 is 0 Å². The quantitative estimate of drug-likeness (QED) is 0.247. The Morgan fingerprint density at radius 3 is 2.47 bits per heavy atom. The van der Waals surface area contributed by atoms with Crippen molar-refractivity contribution in [1.29, 1.82) is 0 Å². The molecule has 4 saturated carbocycles. The molecule has 0 bridgehead atoms. The summed E-state index contributed by atoms with van der Waals surface area (Å²) in [6.45, 7) is 6.31. The average molecular weight is 529 g/mol. The number of aliphatic hydroxyl groups excluding tert-OH is 2. The van der Waals surface area contributed by atoms with E-state index in [9.17, 15) is 28.3 Å². The second kappa shape index (κ2) is 10.2. The summed E-state index contributed by atoms with van der Waals surface area (Å²) in [5.41, 5.74) is -0.0253. The van der Waals surface area contributed by atoms with Crippen molar-refractivity contribution in [2.75, 3.05) is 12.3 Å². The summed E-state index contributed by atoms with van der Waals surface area (Å²) in [5, 5.41) is 25.1. The van der Waals surface area contributed by atoms with Gasteiger partial charge in [-0.05, 0) is 104 Å². The average Bonchev–Trinajstić information content (AvgIpc) is 3.17. The van der Waals surface area contributed by atoms with Crippen LogP contribution in [0.15, 0.2) is 5.29 Å². The van der Waals surface area contributed by atoms with Crippen LogP contribution in [0.2, 0.25) is 0 Å². The summed E-state index contributed by atoms with van der Waals surface area (Å²) in [5.74, 6) is 1.21. The zero-order valence-electron chi connectivity index (χ0n) is 21.9. The number of nitrogens with zero attached hydrogens (tertiary/aromatic N) is 2. The fourth-order valence-electron chi connectivity index (χ4n) is 9.25. The fraction of sp³-hybridized carbons (Fsp3) is 0.962. The van der Waals surface area contributed by atoms with Crippen LogP contribution in [0.5, 0.6) is 0 Å². The normalized spacial score (nSPS) is 43.1. The van der Waals surface area contributed by atoms with Gasteiger partial charge in [0, 0.05) is 6.42 Å². The molecule has 10 atom stereocenters. The lowest BCUT2D eigenvalue weighted by molar-refractivity contribution is -0.175. The minimum atomic E-state index is -4.29. The number of fused-ring (bicyclic) bond motifs is 5. The van der Waals surface area contributed by atoms with E-state index in [-0.39, 0.29) is 35.2 Å². The molecule has 4 fully saturated rings. The van der Waals surface area contributed by atoms with E-state index in [1.807, 2.05) is 0 Å². The van der Waals surface area contributed by atoms with E-state index in [0.29, 0.717) is 35.1 Å². The third kappa shape index (κ3) is 4.99. The van der Waals surface area contributed by atoms with Crippen molar-refractivity contribution >= 4 is 16.0 Å². The van der Waals surface area contributed by atoms with Gasteiger partial charge in [-0.3, -0.25) is 9.35 Å². The third-order valence-electron chi connectivity index (χ3n) is 11.3. The SMILES string of the molecule is C[C@H](CCC(=O)N(CCS(=O)(=O)O)N=O)[C@H]1CC[C@H]2[C@@H]3CC[C@@H]4C[C@H](O)CC[C@]4(C)[C@H]3C[C@H](O)[C@]12C. The molecule has 36 heavy (non-hydrogen) atoms. The van der Waals surface area contributed by atoms with Gasteiger partial charge in [-0.2, -0.15) is 13.4 Å². The molecule has 206 valence electrons. The molecule has 1 amide bonds. The van der Waals surface area contributed by atoms with Gasteiger partial charge in [0.25, 0.3) is 10.1 Å². The number of carbonyl (C=O) groups is 1. The van der Waals surface area contributed by atoms with E-state index in [2.05, 4.69) is 26.1 Å². The molecule has 0 aromatic carbocycles. The van der Waals surface area contributed by atoms with Crippen LogP contribution < -0.4 is 0 Å². The van der Waals surface area contributed by atoms with Crippen molar-refractivity contribution in [2.24, 2.45) is 51.6 Å². The van der Waals surface area contributed by atoms with Gasteiger partial charge in [-0.15, -0.1) is 4.91 Å². The second-order valence-corrected chi connectivity index (χ2v) is 14.4. The number of aliphatic hydroxyl groups is 2. The zero-order valence-corrected chi connectivity index (χ0v) is 22.7. The highest BCUT2D eigenvalue weighted by Crippen LogP contribution is 2.68. The maximum absolute atomic E-state index is 12.5. The summed E-state index contributed by atoms with van der Waals surface area (Å²) in [6.07, 6.45) is 8.02. The molecule has 0 unspecified atom stereocenters. The van der Waals surface area contributed by atoms with Gasteiger partial charge in [0.15, 0.2) is 0 Å². The Morgan fingerprint density at radius 2 is 1.81 bits per heavy atom. The molecule has 0 saturated heterocycles. The molecule has 4 aliphatic carbocycles. The topological polar surface area (TPSA) is 145 Å². The van der Waals surface area contributed by atoms with Crippen molar-refractivity contribution in [3.05, 3.63) is 4.91 Å². The lowest BCUT2D eigenvalue weighted by atomic mass is 9.43. The number of nitroso groups, excluding NO2 is 1. The van der Waals surface area contributed by atoms with Crippen LogP contribution in [-0.2, 0) is 14.9 Å². The lowest BCUT2D eigenvalue weighted by Gasteiger charge is -2.62. The summed E-state index contributed by atoms with van der Waals surface area (Å²) in [4.78, 5) is 23.6. The molecule has 0 heterocycles. The number of carbonyl (C=O) groups excluding carboxylic acids is 1. The van der Waals surface area contributed by atoms with E-state index in [0.717, 1.165) is 51.4 Å². The molecular formula is C26H44N2O7S. The van der Waals surface area contributed by atoms with E-state index < -0.39 is 34.4 Å². The van der Waals surface area contributed by atoms with Crippen LogP contribution in [-0.4, -0.2) is 58.6 Å². The van der Waals surface area contributed by atoms with Crippen LogP contribution in [0.25, 0.3) is 0 Å². The highest BCUT2D eigenvalue weighted by atomic mass is 32.2. The first-order valence-corrected chi connectivity index (χ1v) is 15.4. The Balaban J connectivity index is 1.42. The van der Waals surface area contributed by atoms with Gasteiger partial charge < -0.3 is 10.2 Å². The minimum absolute atomic E-state index is 0.0693. The molecule has 4 rings (SSSR count). The van der Waals surface area contributed by atoms with Gasteiger partial charge in [0.05, 0.1) is 29.8 Å². The van der Waals surface area contributed by atoms with Gasteiger partial charge in [-0.25, -0.2) is 0 Å². The summed E-state index contributed by atoms with van der Waals surface area (Å²) in [7, 11) is -4.29. The number of rotatable bonds is 8. The predicted molar refractivity (Wildman–Crippen MR) is 135 cm³/mol. The van der Waals surface area contributed by atoms with Crippen molar-refractivity contribution in [2.45, 2.75) is 97.2 Å². The molecule has 0 aliphatic heterocycles. The minimum Gasteiger partial charge on any atom is -0.393 e. The standard InChI is InChI=1S/C26H44N2O7S/c1-16(4-9-24(31)28(27-32)12-13-36(33,34)35)20-7-8-21-19-6-5-17-14-18(29)10-11-25(17,2)22(19)15-23(30)26(20,21)3/h16-23,29-30H,4-15H2,1-3H3,(H,33,34,35)/t16-,17-,18-,19+,20-,21+,22+,23+,25+,26-/m1/s1. The molecule has 3 N–H and O–H groups in total. The summed E-state index contributed by atoms with van der Waals surface area (Å²) >= 11 is 0. The highest BCUT2D eigenvalue weighted by molar-refractivity contribution is 7.85. The lowest BCUT2D eigenvalue weighted by Crippen LogP contribution is -2.58. The first kappa shape index (κ1) is 27.9. The number of hydrogen-bond acceptors (Lipinski definition) is 7. The Morgan fingerprint density at radius 1 is 1.08 bits per heavy atom. The third-order valence-corrected chi connectivity index (χ3v) is 12.0. The van der Waals surface area contributed by atoms with Gasteiger partial charge in [0.2, 0.25) is 5.91 Å². The predicted octanol–water partition coefficient (Wildman–Crippen LogP) is 3.79. The molecule has 0 aromatic heterocycles. The maximum atomic E-state index is 12.5. The van der Waals surface area contributed by atoms with Crippen molar-refractivity contribution < 1.29 is 28.0 Å². The van der Waals surface area contributed by atoms with E-state index in [4.69, 9.17) is 4.55 Å².